The number of piperazine rings is 1. The molecule has 0 aliphatic carbocycles. The van der Waals surface area contributed by atoms with Crippen LogP contribution in [0.4, 0.5) is 0 Å². The van der Waals surface area contributed by atoms with Crippen LogP contribution in [-0.2, 0) is 4.79 Å². The quantitative estimate of drug-likeness (QED) is 0.696. The highest BCUT2D eigenvalue weighted by Gasteiger charge is 2.29. The zero-order chi connectivity index (χ0) is 14.5. The molecule has 0 saturated carbocycles. The van der Waals surface area contributed by atoms with Crippen LogP contribution in [0, 0.1) is 0 Å². The predicted octanol–water partition coefficient (Wildman–Crippen LogP) is 0.256. The fourth-order valence-electron chi connectivity index (χ4n) is 2.77. The third kappa shape index (κ3) is 4.44. The van der Waals surface area contributed by atoms with Crippen LogP contribution in [0.1, 0.15) is 33.6 Å². The summed E-state index contributed by atoms with van der Waals surface area (Å²) in [4.78, 5) is 16.4. The average Bonchev–Trinajstić information content (AvgIpc) is 2.38. The Hall–Kier alpha value is -0.650. The molecule has 5 heteroatoms. The van der Waals surface area contributed by atoms with Crippen molar-refractivity contribution in [2.45, 2.75) is 45.2 Å². The SMILES string of the molecule is CCN1CCN(CCCC(C)(NC)C(N)=O)CC1C. The van der Waals surface area contributed by atoms with E-state index in [4.69, 9.17) is 5.73 Å². The van der Waals surface area contributed by atoms with Crippen LogP contribution in [0.5, 0.6) is 0 Å². The second-order valence-corrected chi connectivity index (χ2v) is 5.83. The molecule has 1 fully saturated rings. The van der Waals surface area contributed by atoms with Crippen molar-refractivity contribution in [3.8, 4) is 0 Å². The molecule has 0 spiro atoms. The molecule has 1 rings (SSSR count). The van der Waals surface area contributed by atoms with Crippen LogP contribution in [0.25, 0.3) is 0 Å². The van der Waals surface area contributed by atoms with Gasteiger partial charge in [0.05, 0.1) is 5.54 Å². The van der Waals surface area contributed by atoms with Crippen molar-refractivity contribution in [1.82, 2.24) is 15.1 Å². The minimum absolute atomic E-state index is 0.265. The maximum atomic E-state index is 11.4. The lowest BCUT2D eigenvalue weighted by Gasteiger charge is -2.39. The van der Waals surface area contributed by atoms with Gasteiger partial charge in [-0.15, -0.1) is 0 Å². The summed E-state index contributed by atoms with van der Waals surface area (Å²) in [7, 11) is 1.80. The van der Waals surface area contributed by atoms with E-state index in [-0.39, 0.29) is 5.91 Å². The Morgan fingerprint density at radius 2 is 2.16 bits per heavy atom. The van der Waals surface area contributed by atoms with Crippen molar-refractivity contribution in [3.63, 3.8) is 0 Å². The minimum atomic E-state index is -0.573. The van der Waals surface area contributed by atoms with Gasteiger partial charge in [0, 0.05) is 25.7 Å². The first-order valence-corrected chi connectivity index (χ1v) is 7.38. The van der Waals surface area contributed by atoms with E-state index in [1.54, 1.807) is 7.05 Å². The molecular formula is C14H30N4O. The summed E-state index contributed by atoms with van der Waals surface area (Å²) in [6, 6.07) is 0.630. The first-order valence-electron chi connectivity index (χ1n) is 7.38. The van der Waals surface area contributed by atoms with Gasteiger partial charge in [-0.1, -0.05) is 6.92 Å². The zero-order valence-corrected chi connectivity index (χ0v) is 12.9. The molecule has 2 unspecified atom stereocenters. The molecule has 0 aromatic carbocycles. The Labute approximate surface area is 117 Å². The lowest BCUT2D eigenvalue weighted by molar-refractivity contribution is -0.123. The molecule has 112 valence electrons. The van der Waals surface area contributed by atoms with Gasteiger partial charge in [-0.2, -0.15) is 0 Å². The van der Waals surface area contributed by atoms with E-state index >= 15 is 0 Å². The number of likely N-dealkylation sites (N-methyl/N-ethyl adjacent to an activating group) is 2. The van der Waals surface area contributed by atoms with Crippen molar-refractivity contribution in [3.05, 3.63) is 0 Å². The normalized spacial score (nSPS) is 25.2. The van der Waals surface area contributed by atoms with Crippen molar-refractivity contribution < 1.29 is 4.79 Å². The van der Waals surface area contributed by atoms with Gasteiger partial charge in [0.1, 0.15) is 0 Å². The van der Waals surface area contributed by atoms with Crippen molar-refractivity contribution in [1.29, 1.82) is 0 Å². The molecule has 0 bridgehead atoms. The summed E-state index contributed by atoms with van der Waals surface area (Å²) in [6.07, 6.45) is 1.79. The predicted molar refractivity (Wildman–Crippen MR) is 79.0 cm³/mol. The van der Waals surface area contributed by atoms with Gasteiger partial charge in [0.25, 0.3) is 0 Å². The Morgan fingerprint density at radius 1 is 1.47 bits per heavy atom. The third-order valence-corrected chi connectivity index (χ3v) is 4.50. The standard InChI is InChI=1S/C14H30N4O/c1-5-18-10-9-17(11-12(18)2)8-6-7-14(3,16-4)13(15)19/h12,16H,5-11H2,1-4H3,(H2,15,19). The van der Waals surface area contributed by atoms with Crippen molar-refractivity contribution in [2.24, 2.45) is 5.73 Å². The average molecular weight is 270 g/mol. The summed E-state index contributed by atoms with van der Waals surface area (Å²) in [5.74, 6) is -0.265. The molecule has 3 N–H and O–H groups in total. The molecule has 0 aromatic heterocycles. The highest BCUT2D eigenvalue weighted by Crippen LogP contribution is 2.14. The van der Waals surface area contributed by atoms with E-state index < -0.39 is 5.54 Å². The number of nitrogens with zero attached hydrogens (tertiary/aromatic N) is 2. The lowest BCUT2D eigenvalue weighted by Crippen LogP contribution is -2.53. The monoisotopic (exact) mass is 270 g/mol. The van der Waals surface area contributed by atoms with E-state index in [1.807, 2.05) is 6.92 Å². The molecule has 1 amide bonds. The fourth-order valence-corrected chi connectivity index (χ4v) is 2.77. The van der Waals surface area contributed by atoms with Gasteiger partial charge in [0.15, 0.2) is 0 Å². The summed E-state index contributed by atoms with van der Waals surface area (Å²) in [6.45, 7) is 12.0. The van der Waals surface area contributed by atoms with Gasteiger partial charge >= 0.3 is 0 Å². The summed E-state index contributed by atoms with van der Waals surface area (Å²) in [5.41, 5.74) is 4.86. The van der Waals surface area contributed by atoms with E-state index in [9.17, 15) is 4.79 Å². The van der Waals surface area contributed by atoms with Gasteiger partial charge in [-0.05, 0) is 46.8 Å². The number of primary amides is 1. The van der Waals surface area contributed by atoms with E-state index in [2.05, 4.69) is 29.0 Å². The zero-order valence-electron chi connectivity index (χ0n) is 12.9. The van der Waals surface area contributed by atoms with E-state index in [1.165, 1.54) is 0 Å². The molecule has 1 saturated heterocycles. The van der Waals surface area contributed by atoms with Gasteiger partial charge in [-0.25, -0.2) is 0 Å². The second-order valence-electron chi connectivity index (χ2n) is 5.83. The van der Waals surface area contributed by atoms with Gasteiger partial charge in [0.2, 0.25) is 5.91 Å². The van der Waals surface area contributed by atoms with Crippen LogP contribution < -0.4 is 11.1 Å². The van der Waals surface area contributed by atoms with Crippen LogP contribution in [0.3, 0.4) is 0 Å². The van der Waals surface area contributed by atoms with Gasteiger partial charge < -0.3 is 16.0 Å². The molecule has 0 radical (unpaired) electrons. The third-order valence-electron chi connectivity index (χ3n) is 4.50. The van der Waals surface area contributed by atoms with Crippen LogP contribution in [0.2, 0.25) is 0 Å². The Kier molecular flexibility index (Phi) is 6.23. The largest absolute Gasteiger partial charge is 0.368 e. The smallest absolute Gasteiger partial charge is 0.237 e. The number of nitrogens with one attached hydrogen (secondary N) is 1. The van der Waals surface area contributed by atoms with Gasteiger partial charge in [-0.3, -0.25) is 9.69 Å². The molecule has 0 aromatic rings. The minimum Gasteiger partial charge on any atom is -0.368 e. The topological polar surface area (TPSA) is 61.6 Å². The highest BCUT2D eigenvalue weighted by molar-refractivity contribution is 5.84. The lowest BCUT2D eigenvalue weighted by atomic mass is 9.95. The number of rotatable bonds is 7. The molecule has 1 aliphatic heterocycles. The second kappa shape index (κ2) is 7.22. The summed E-state index contributed by atoms with van der Waals surface area (Å²) >= 11 is 0. The number of hydrogen-bond donors (Lipinski definition) is 2. The molecule has 1 heterocycles. The first-order chi connectivity index (χ1) is 8.92. The number of carbonyl (C=O) groups is 1. The molecule has 1 aliphatic rings. The first kappa shape index (κ1) is 16.4. The van der Waals surface area contributed by atoms with Crippen molar-refractivity contribution in [2.75, 3.05) is 39.8 Å². The highest BCUT2D eigenvalue weighted by atomic mass is 16.1. The molecular weight excluding hydrogens is 240 g/mol. The molecule has 19 heavy (non-hydrogen) atoms. The van der Waals surface area contributed by atoms with Crippen LogP contribution >= 0.6 is 0 Å². The van der Waals surface area contributed by atoms with E-state index in [0.29, 0.717) is 6.04 Å². The summed E-state index contributed by atoms with van der Waals surface area (Å²) < 4.78 is 0. The number of carbonyl (C=O) groups excluding carboxylic acids is 1. The Bertz CT molecular complexity index is 297. The summed E-state index contributed by atoms with van der Waals surface area (Å²) in [5, 5.41) is 3.04. The molecule has 5 nitrogen and oxygen atoms in total. The fraction of sp³-hybridized carbons (Fsp3) is 0.929. The number of nitrogens with two attached hydrogens (primary N) is 1. The van der Waals surface area contributed by atoms with Crippen LogP contribution in [-0.4, -0.2) is 67.1 Å². The number of amides is 1. The van der Waals surface area contributed by atoms with Crippen molar-refractivity contribution >= 4 is 5.91 Å². The molecule has 2 atom stereocenters. The van der Waals surface area contributed by atoms with E-state index in [0.717, 1.165) is 45.6 Å². The Morgan fingerprint density at radius 3 is 2.63 bits per heavy atom. The maximum absolute atomic E-state index is 11.4. The number of hydrogen-bond acceptors (Lipinski definition) is 4. The van der Waals surface area contributed by atoms with Crippen LogP contribution in [0.15, 0.2) is 0 Å². The maximum Gasteiger partial charge on any atom is 0.237 e. The Balaban J connectivity index is 2.32.